The number of benzene rings is 1. The van der Waals surface area contributed by atoms with E-state index >= 15 is 0 Å². The minimum absolute atomic E-state index is 0. The lowest BCUT2D eigenvalue weighted by molar-refractivity contribution is 0.0711. The van der Waals surface area contributed by atoms with E-state index in [0.717, 1.165) is 30.3 Å². The number of hydrogen-bond acceptors (Lipinski definition) is 3. The molecule has 0 saturated heterocycles. The Balaban J connectivity index is 0.00000280. The number of rotatable bonds is 7. The van der Waals surface area contributed by atoms with Gasteiger partial charge >= 0.3 is 0 Å². The number of hydrogen-bond donors (Lipinski definition) is 4. The van der Waals surface area contributed by atoms with Crippen molar-refractivity contribution in [2.45, 2.75) is 32.8 Å². The second-order valence-electron chi connectivity index (χ2n) is 6.90. The lowest BCUT2D eigenvalue weighted by Crippen LogP contribution is -2.39. The average Bonchev–Trinajstić information content (AvgIpc) is 3.29. The zero-order valence-electron chi connectivity index (χ0n) is 16.6. The van der Waals surface area contributed by atoms with Crippen LogP contribution in [-0.2, 0) is 12.0 Å². The lowest BCUT2D eigenvalue weighted by Gasteiger charge is -2.20. The zero-order chi connectivity index (χ0) is 19.3. The number of guanidine groups is 1. The molecule has 0 amide bonds. The number of H-pyrrole nitrogens is 1. The molecule has 3 aromatic rings. The first-order valence-corrected chi connectivity index (χ1v) is 10.2. The third-order valence-corrected chi connectivity index (χ3v) is 5.76. The van der Waals surface area contributed by atoms with Crippen LogP contribution in [-0.4, -0.2) is 35.7 Å². The van der Waals surface area contributed by atoms with Gasteiger partial charge in [-0.25, -0.2) is 4.99 Å². The van der Waals surface area contributed by atoms with Gasteiger partial charge in [0.05, 0.1) is 6.54 Å². The van der Waals surface area contributed by atoms with Gasteiger partial charge in [-0.2, -0.15) is 0 Å². The lowest BCUT2D eigenvalue weighted by atomic mass is 10.1. The second kappa shape index (κ2) is 10.3. The van der Waals surface area contributed by atoms with E-state index in [9.17, 15) is 5.11 Å². The molecule has 0 bridgehead atoms. The fraction of sp³-hybridized carbons (Fsp3) is 0.381. The molecule has 0 saturated carbocycles. The van der Waals surface area contributed by atoms with Gasteiger partial charge in [-0.3, -0.25) is 0 Å². The van der Waals surface area contributed by atoms with Gasteiger partial charge in [0.2, 0.25) is 0 Å². The number of nitrogens with one attached hydrogen (secondary N) is 3. The van der Waals surface area contributed by atoms with Gasteiger partial charge in [-0.1, -0.05) is 24.3 Å². The molecule has 3 rings (SSSR count). The van der Waals surface area contributed by atoms with Crippen LogP contribution in [0.15, 0.2) is 46.8 Å². The van der Waals surface area contributed by atoms with E-state index < -0.39 is 5.60 Å². The number of halogens is 1. The summed E-state index contributed by atoms with van der Waals surface area (Å²) in [6, 6.07) is 12.3. The van der Waals surface area contributed by atoms with Crippen molar-refractivity contribution in [1.29, 1.82) is 0 Å². The molecule has 0 fully saturated rings. The summed E-state index contributed by atoms with van der Waals surface area (Å²) < 4.78 is 0. The van der Waals surface area contributed by atoms with Crippen LogP contribution in [0, 0.1) is 6.92 Å². The van der Waals surface area contributed by atoms with Crippen LogP contribution in [0.4, 0.5) is 0 Å². The van der Waals surface area contributed by atoms with Crippen molar-refractivity contribution in [3.05, 3.63) is 57.9 Å². The Morgan fingerprint density at radius 1 is 1.21 bits per heavy atom. The van der Waals surface area contributed by atoms with E-state index in [2.05, 4.69) is 51.8 Å². The number of aromatic nitrogens is 1. The molecular formula is C21H29IN4OS. The fourth-order valence-electron chi connectivity index (χ4n) is 3.20. The van der Waals surface area contributed by atoms with E-state index in [1.807, 2.05) is 24.4 Å². The SMILES string of the molecule is CCNC(=NCC(C)(O)c1cccs1)NCCc1c(C)[nH]c2ccccc12.I. The Kier molecular flexibility index (Phi) is 8.33. The highest BCUT2D eigenvalue weighted by atomic mass is 127. The smallest absolute Gasteiger partial charge is 0.191 e. The van der Waals surface area contributed by atoms with Crippen molar-refractivity contribution < 1.29 is 5.11 Å². The molecule has 0 radical (unpaired) electrons. The highest BCUT2D eigenvalue weighted by Crippen LogP contribution is 2.25. The number of fused-ring (bicyclic) bond motifs is 1. The summed E-state index contributed by atoms with van der Waals surface area (Å²) in [5, 5.41) is 20.6. The number of nitrogens with zero attached hydrogens (tertiary/aromatic N) is 1. The number of para-hydroxylation sites is 1. The van der Waals surface area contributed by atoms with Gasteiger partial charge in [0.15, 0.2) is 5.96 Å². The van der Waals surface area contributed by atoms with Gasteiger partial charge in [0, 0.05) is 34.6 Å². The van der Waals surface area contributed by atoms with Crippen molar-refractivity contribution in [2.24, 2.45) is 4.99 Å². The number of aliphatic hydroxyl groups is 1. The Morgan fingerprint density at radius 2 is 2.00 bits per heavy atom. The molecule has 0 aliphatic rings. The summed E-state index contributed by atoms with van der Waals surface area (Å²) in [6.07, 6.45) is 0.904. The van der Waals surface area contributed by atoms with E-state index in [0.29, 0.717) is 6.54 Å². The van der Waals surface area contributed by atoms with Crippen molar-refractivity contribution in [3.8, 4) is 0 Å². The number of aryl methyl sites for hydroxylation is 1. The summed E-state index contributed by atoms with van der Waals surface area (Å²) in [5.41, 5.74) is 2.77. The molecule has 1 atom stereocenters. The molecule has 152 valence electrons. The second-order valence-corrected chi connectivity index (χ2v) is 7.84. The summed E-state index contributed by atoms with van der Waals surface area (Å²) in [4.78, 5) is 8.96. The van der Waals surface area contributed by atoms with Gasteiger partial charge in [-0.15, -0.1) is 35.3 Å². The average molecular weight is 512 g/mol. The third kappa shape index (κ3) is 5.48. The highest BCUT2D eigenvalue weighted by Gasteiger charge is 2.24. The van der Waals surface area contributed by atoms with Crippen molar-refractivity contribution in [2.75, 3.05) is 19.6 Å². The quantitative estimate of drug-likeness (QED) is 0.218. The van der Waals surface area contributed by atoms with E-state index in [1.54, 1.807) is 18.3 Å². The van der Waals surface area contributed by atoms with Gasteiger partial charge in [-0.05, 0) is 50.3 Å². The predicted molar refractivity (Wildman–Crippen MR) is 130 cm³/mol. The largest absolute Gasteiger partial charge is 0.383 e. The molecule has 28 heavy (non-hydrogen) atoms. The van der Waals surface area contributed by atoms with Gasteiger partial charge in [0.25, 0.3) is 0 Å². The Bertz CT molecular complexity index is 902. The molecule has 4 N–H and O–H groups in total. The van der Waals surface area contributed by atoms with Crippen LogP contribution in [0.3, 0.4) is 0 Å². The predicted octanol–water partition coefficient (Wildman–Crippen LogP) is 4.16. The van der Waals surface area contributed by atoms with E-state index in [-0.39, 0.29) is 24.0 Å². The maximum Gasteiger partial charge on any atom is 0.191 e. The van der Waals surface area contributed by atoms with E-state index in [4.69, 9.17) is 0 Å². The van der Waals surface area contributed by atoms with Crippen molar-refractivity contribution in [3.63, 3.8) is 0 Å². The van der Waals surface area contributed by atoms with Crippen molar-refractivity contribution in [1.82, 2.24) is 15.6 Å². The summed E-state index contributed by atoms with van der Waals surface area (Å²) in [7, 11) is 0. The molecule has 1 unspecified atom stereocenters. The van der Waals surface area contributed by atoms with Gasteiger partial charge < -0.3 is 20.7 Å². The summed E-state index contributed by atoms with van der Waals surface area (Å²) >= 11 is 1.55. The minimum Gasteiger partial charge on any atom is -0.383 e. The van der Waals surface area contributed by atoms with Crippen LogP contribution in [0.2, 0.25) is 0 Å². The number of thiophene rings is 1. The third-order valence-electron chi connectivity index (χ3n) is 4.64. The normalized spacial score (nSPS) is 13.8. The summed E-state index contributed by atoms with van der Waals surface area (Å²) in [6.45, 7) is 7.83. The molecule has 2 aromatic heterocycles. The van der Waals surface area contributed by atoms with Crippen molar-refractivity contribution >= 4 is 52.2 Å². The Morgan fingerprint density at radius 3 is 2.71 bits per heavy atom. The van der Waals surface area contributed by atoms with Crippen LogP contribution in [0.1, 0.15) is 30.0 Å². The molecule has 0 aliphatic carbocycles. The molecule has 0 aliphatic heterocycles. The first kappa shape index (κ1) is 22.7. The van der Waals surface area contributed by atoms with Crippen LogP contribution in [0.25, 0.3) is 10.9 Å². The fourth-order valence-corrected chi connectivity index (χ4v) is 3.98. The molecular weight excluding hydrogens is 483 g/mol. The Hall–Kier alpha value is -1.58. The first-order chi connectivity index (χ1) is 13.0. The zero-order valence-corrected chi connectivity index (χ0v) is 19.7. The van der Waals surface area contributed by atoms with Crippen LogP contribution >= 0.6 is 35.3 Å². The topological polar surface area (TPSA) is 72.4 Å². The molecule has 7 heteroatoms. The van der Waals surface area contributed by atoms with Gasteiger partial charge in [0.1, 0.15) is 5.60 Å². The molecule has 1 aromatic carbocycles. The van der Waals surface area contributed by atoms with E-state index in [1.165, 1.54) is 22.2 Å². The molecule has 0 spiro atoms. The van der Waals surface area contributed by atoms with Crippen LogP contribution < -0.4 is 10.6 Å². The standard InChI is InChI=1S/C21H28N4OS.HI/c1-4-22-20(24-14-21(3,26)19-10-7-13-27-19)23-12-11-16-15(2)25-18-9-6-5-8-17(16)18;/h5-10,13,25-26H,4,11-12,14H2,1-3H3,(H2,22,23,24);1H. The summed E-state index contributed by atoms with van der Waals surface area (Å²) in [5.74, 6) is 0.729. The number of aromatic amines is 1. The maximum absolute atomic E-state index is 10.7. The molecule has 5 nitrogen and oxygen atoms in total. The minimum atomic E-state index is -0.954. The first-order valence-electron chi connectivity index (χ1n) is 9.36. The highest BCUT2D eigenvalue weighted by molar-refractivity contribution is 14.0. The molecule has 2 heterocycles. The number of aliphatic imine (C=N–C) groups is 1. The monoisotopic (exact) mass is 512 g/mol. The maximum atomic E-state index is 10.7. The Labute approximate surface area is 187 Å². The van der Waals surface area contributed by atoms with Crippen LogP contribution in [0.5, 0.6) is 0 Å².